The van der Waals surface area contributed by atoms with Crippen molar-refractivity contribution >= 4 is 21.8 Å². The number of nitrogens with zero attached hydrogens (tertiary/aromatic N) is 2. The number of hydrogen-bond acceptors (Lipinski definition) is 5. The summed E-state index contributed by atoms with van der Waals surface area (Å²) < 4.78 is 28.6. The molecule has 2 rings (SSSR count). The molecule has 6 nitrogen and oxygen atoms in total. The van der Waals surface area contributed by atoms with Gasteiger partial charge in [-0.05, 0) is 26.0 Å². The smallest absolute Gasteiger partial charge is 0.243 e. The fraction of sp³-hybridized carbons (Fsp3) is 0.750. The van der Waals surface area contributed by atoms with E-state index >= 15 is 0 Å². The fourth-order valence-corrected chi connectivity index (χ4v) is 3.78. The Kier molecular flexibility index (Phi) is 5.48. The van der Waals surface area contributed by atoms with Crippen molar-refractivity contribution in [3.8, 4) is 0 Å². The predicted molar refractivity (Wildman–Crippen MR) is 81.4 cm³/mol. The van der Waals surface area contributed by atoms with Crippen LogP contribution in [-0.2, 0) is 16.6 Å². The molecule has 1 saturated carbocycles. The maximum atomic E-state index is 12.1. The molecule has 0 aliphatic heterocycles. The van der Waals surface area contributed by atoms with Gasteiger partial charge in [-0.2, -0.15) is 16.9 Å². The van der Waals surface area contributed by atoms with Gasteiger partial charge >= 0.3 is 0 Å². The first-order valence-corrected chi connectivity index (χ1v) is 9.66. The normalized spacial score (nSPS) is 17.3. The largest absolute Gasteiger partial charge is 0.312 e. The van der Waals surface area contributed by atoms with Gasteiger partial charge in [0.15, 0.2) is 0 Å². The Morgan fingerprint density at radius 3 is 2.95 bits per heavy atom. The molecular formula is C12H22N4O2S2. The molecule has 20 heavy (non-hydrogen) atoms. The highest BCUT2D eigenvalue weighted by Gasteiger charge is 2.21. The van der Waals surface area contributed by atoms with Gasteiger partial charge in [0.25, 0.3) is 0 Å². The van der Waals surface area contributed by atoms with Crippen molar-refractivity contribution in [3.05, 3.63) is 12.4 Å². The van der Waals surface area contributed by atoms with Crippen molar-refractivity contribution in [2.75, 3.05) is 18.6 Å². The molecular weight excluding hydrogens is 296 g/mol. The summed E-state index contributed by atoms with van der Waals surface area (Å²) in [5.74, 6) is 0.749. The number of hydrogen-bond donors (Lipinski definition) is 2. The van der Waals surface area contributed by atoms with E-state index in [9.17, 15) is 8.42 Å². The van der Waals surface area contributed by atoms with E-state index in [1.54, 1.807) is 22.6 Å². The third kappa shape index (κ3) is 4.76. The van der Waals surface area contributed by atoms with Gasteiger partial charge in [-0.1, -0.05) is 0 Å². The summed E-state index contributed by atoms with van der Waals surface area (Å²) in [5.41, 5.74) is 0. The number of sulfonamides is 1. The Labute approximate surface area is 124 Å². The Morgan fingerprint density at radius 2 is 2.30 bits per heavy atom. The summed E-state index contributed by atoms with van der Waals surface area (Å²) in [6.07, 6.45) is 7.44. The van der Waals surface area contributed by atoms with Crippen LogP contribution in [0.4, 0.5) is 0 Å². The van der Waals surface area contributed by atoms with Crippen molar-refractivity contribution in [2.45, 2.75) is 43.3 Å². The van der Waals surface area contributed by atoms with E-state index in [2.05, 4.69) is 15.1 Å². The van der Waals surface area contributed by atoms with Gasteiger partial charge in [0.05, 0.1) is 12.7 Å². The van der Waals surface area contributed by atoms with Crippen LogP contribution < -0.4 is 10.0 Å². The minimum absolute atomic E-state index is 0.0881. The van der Waals surface area contributed by atoms with Crippen LogP contribution in [0.25, 0.3) is 0 Å². The topological polar surface area (TPSA) is 76.0 Å². The average molecular weight is 318 g/mol. The quantitative estimate of drug-likeness (QED) is 0.700. The van der Waals surface area contributed by atoms with Gasteiger partial charge in [0.1, 0.15) is 4.90 Å². The summed E-state index contributed by atoms with van der Waals surface area (Å²) in [7, 11) is -3.46. The standard InChI is InChI=1S/C12H22N4O2S2/c1-10(9-19-2)15-20(17,18)12-7-14-16(8-12)6-5-13-11-3-4-11/h7-8,10-11,13,15H,3-6,9H2,1-2H3. The molecule has 0 amide bonds. The molecule has 0 bridgehead atoms. The van der Waals surface area contributed by atoms with Crippen LogP contribution in [0, 0.1) is 0 Å². The molecule has 1 unspecified atom stereocenters. The number of rotatable bonds is 9. The third-order valence-corrected chi connectivity index (χ3v) is 5.42. The van der Waals surface area contributed by atoms with Gasteiger partial charge < -0.3 is 5.32 Å². The molecule has 1 aromatic rings. The monoisotopic (exact) mass is 318 g/mol. The van der Waals surface area contributed by atoms with Crippen LogP contribution in [0.15, 0.2) is 17.3 Å². The van der Waals surface area contributed by atoms with E-state index in [0.717, 1.165) is 12.3 Å². The van der Waals surface area contributed by atoms with Crippen molar-refractivity contribution < 1.29 is 8.42 Å². The molecule has 1 atom stereocenters. The molecule has 1 aliphatic rings. The first-order valence-electron chi connectivity index (χ1n) is 6.78. The molecule has 1 fully saturated rings. The van der Waals surface area contributed by atoms with E-state index in [1.807, 2.05) is 13.2 Å². The van der Waals surface area contributed by atoms with Crippen LogP contribution in [0.1, 0.15) is 19.8 Å². The first-order chi connectivity index (χ1) is 9.51. The lowest BCUT2D eigenvalue weighted by Gasteiger charge is -2.11. The Hall–Kier alpha value is -0.570. The Balaban J connectivity index is 1.88. The zero-order valence-electron chi connectivity index (χ0n) is 11.9. The van der Waals surface area contributed by atoms with Crippen LogP contribution in [0.5, 0.6) is 0 Å². The SMILES string of the molecule is CSCC(C)NS(=O)(=O)c1cnn(CCNC2CC2)c1. The highest BCUT2D eigenvalue weighted by Crippen LogP contribution is 2.18. The first kappa shape index (κ1) is 15.8. The van der Waals surface area contributed by atoms with Gasteiger partial charge in [-0.25, -0.2) is 13.1 Å². The van der Waals surface area contributed by atoms with E-state index in [0.29, 0.717) is 12.6 Å². The predicted octanol–water partition coefficient (Wildman–Crippen LogP) is 0.665. The number of thioether (sulfide) groups is 1. The molecule has 114 valence electrons. The lowest BCUT2D eigenvalue weighted by Crippen LogP contribution is -2.34. The lowest BCUT2D eigenvalue weighted by molar-refractivity contribution is 0.551. The zero-order chi connectivity index (χ0) is 14.6. The Morgan fingerprint density at radius 1 is 1.55 bits per heavy atom. The minimum atomic E-state index is -3.46. The fourth-order valence-electron chi connectivity index (χ4n) is 1.89. The summed E-state index contributed by atoms with van der Waals surface area (Å²) in [4.78, 5) is 0.233. The summed E-state index contributed by atoms with van der Waals surface area (Å²) in [6, 6.07) is 0.567. The highest BCUT2D eigenvalue weighted by molar-refractivity contribution is 7.98. The van der Waals surface area contributed by atoms with E-state index in [4.69, 9.17) is 0 Å². The van der Waals surface area contributed by atoms with Crippen molar-refractivity contribution in [2.24, 2.45) is 0 Å². The number of aromatic nitrogens is 2. The molecule has 0 spiro atoms. The second-order valence-corrected chi connectivity index (χ2v) is 7.77. The van der Waals surface area contributed by atoms with Gasteiger partial charge in [-0.3, -0.25) is 4.68 Å². The summed E-state index contributed by atoms with van der Waals surface area (Å²) in [6.45, 7) is 3.37. The van der Waals surface area contributed by atoms with Crippen molar-refractivity contribution in [1.29, 1.82) is 0 Å². The van der Waals surface area contributed by atoms with Crippen LogP contribution in [0.3, 0.4) is 0 Å². The minimum Gasteiger partial charge on any atom is -0.312 e. The molecule has 1 heterocycles. The maximum Gasteiger partial charge on any atom is 0.243 e. The molecule has 0 aromatic carbocycles. The molecule has 8 heteroatoms. The lowest BCUT2D eigenvalue weighted by atomic mass is 10.4. The average Bonchev–Trinajstić information content (AvgIpc) is 3.04. The molecule has 1 aliphatic carbocycles. The zero-order valence-corrected chi connectivity index (χ0v) is 13.5. The van der Waals surface area contributed by atoms with E-state index < -0.39 is 10.0 Å². The van der Waals surface area contributed by atoms with Crippen LogP contribution >= 0.6 is 11.8 Å². The van der Waals surface area contributed by atoms with Gasteiger partial charge in [0.2, 0.25) is 10.0 Å². The van der Waals surface area contributed by atoms with E-state index in [1.165, 1.54) is 19.0 Å². The van der Waals surface area contributed by atoms with Crippen LogP contribution in [0.2, 0.25) is 0 Å². The third-order valence-electron chi connectivity index (χ3n) is 3.04. The molecule has 1 aromatic heterocycles. The van der Waals surface area contributed by atoms with E-state index in [-0.39, 0.29) is 10.9 Å². The molecule has 0 radical (unpaired) electrons. The summed E-state index contributed by atoms with van der Waals surface area (Å²) in [5, 5.41) is 7.48. The van der Waals surface area contributed by atoms with Crippen LogP contribution in [-0.4, -0.2) is 48.8 Å². The molecule has 0 saturated heterocycles. The molecule has 2 N–H and O–H groups in total. The number of nitrogens with one attached hydrogen (secondary N) is 2. The van der Waals surface area contributed by atoms with Gasteiger partial charge in [-0.15, -0.1) is 0 Å². The second-order valence-electron chi connectivity index (χ2n) is 5.15. The van der Waals surface area contributed by atoms with Gasteiger partial charge in [0, 0.05) is 30.6 Å². The van der Waals surface area contributed by atoms with Crippen molar-refractivity contribution in [3.63, 3.8) is 0 Å². The summed E-state index contributed by atoms with van der Waals surface area (Å²) >= 11 is 1.61. The highest BCUT2D eigenvalue weighted by atomic mass is 32.2. The second kappa shape index (κ2) is 6.93. The Bertz CT molecular complexity index is 525. The van der Waals surface area contributed by atoms with Crippen molar-refractivity contribution in [1.82, 2.24) is 19.8 Å². The maximum absolute atomic E-state index is 12.1.